The van der Waals surface area contributed by atoms with Gasteiger partial charge in [0.2, 0.25) is 10.0 Å². The number of sulfonamides is 1. The van der Waals surface area contributed by atoms with E-state index in [1.54, 1.807) is 10.9 Å². The van der Waals surface area contributed by atoms with Crippen LogP contribution in [0.1, 0.15) is 5.56 Å². The third kappa shape index (κ3) is 3.73. The average molecular weight is 310 g/mol. The number of nitrogens with two attached hydrogens (primary N) is 1. The molecule has 1 aromatic carbocycles. The molecule has 0 aliphatic rings. The van der Waals surface area contributed by atoms with Crippen molar-refractivity contribution in [3.63, 3.8) is 0 Å². The lowest BCUT2D eigenvalue weighted by Gasteiger charge is -2.09. The fourth-order valence-corrected chi connectivity index (χ4v) is 2.96. The number of hydrogen-bond donors (Lipinski definition) is 2. The van der Waals surface area contributed by atoms with Gasteiger partial charge in [-0.15, -0.1) is 0 Å². The predicted molar refractivity (Wildman–Crippen MR) is 79.5 cm³/mol. The molecule has 0 saturated carbocycles. The van der Waals surface area contributed by atoms with Crippen LogP contribution in [0.3, 0.4) is 0 Å². The molecule has 2 aromatic rings. The Hall–Kier alpha value is -2.06. The number of aromatic nitrogens is 2. The Kier molecular flexibility index (Phi) is 4.49. The summed E-state index contributed by atoms with van der Waals surface area (Å²) < 4.78 is 33.5. The summed E-state index contributed by atoms with van der Waals surface area (Å²) >= 11 is 0. The van der Waals surface area contributed by atoms with Crippen LogP contribution in [-0.2, 0) is 23.5 Å². The lowest BCUT2D eigenvalue weighted by Crippen LogP contribution is -2.26. The maximum atomic E-state index is 12.2. The topological polar surface area (TPSA) is 99.2 Å². The predicted octanol–water partition coefficient (Wildman–Crippen LogP) is 0.532. The average Bonchev–Trinajstić information content (AvgIpc) is 2.84. The summed E-state index contributed by atoms with van der Waals surface area (Å²) in [5.74, 6) is 0.448. The van der Waals surface area contributed by atoms with E-state index in [0.717, 1.165) is 5.56 Å². The smallest absolute Gasteiger partial charge is 0.240 e. The molecule has 114 valence electrons. The van der Waals surface area contributed by atoms with Crippen LogP contribution in [0.4, 0.5) is 5.69 Å². The molecule has 0 fully saturated rings. The zero-order valence-corrected chi connectivity index (χ0v) is 12.7. The molecule has 2 rings (SSSR count). The monoisotopic (exact) mass is 310 g/mol. The zero-order chi connectivity index (χ0) is 15.5. The molecule has 7 nitrogen and oxygen atoms in total. The number of ether oxygens (including phenoxy) is 1. The van der Waals surface area contributed by atoms with Gasteiger partial charge in [0, 0.05) is 19.8 Å². The number of hydrogen-bond acceptors (Lipinski definition) is 5. The van der Waals surface area contributed by atoms with E-state index in [0.29, 0.717) is 18.7 Å². The molecule has 3 N–H and O–H groups in total. The minimum Gasteiger partial charge on any atom is -0.495 e. The number of nitrogens with zero attached hydrogens (tertiary/aromatic N) is 2. The molecule has 0 unspecified atom stereocenters. The molecule has 0 atom stereocenters. The molecule has 0 radical (unpaired) electrons. The highest BCUT2D eigenvalue weighted by atomic mass is 32.2. The van der Waals surface area contributed by atoms with Crippen LogP contribution >= 0.6 is 0 Å². The first-order valence-corrected chi connectivity index (χ1v) is 7.81. The van der Waals surface area contributed by atoms with Gasteiger partial charge in [-0.3, -0.25) is 4.68 Å². The van der Waals surface area contributed by atoms with Gasteiger partial charge in [-0.1, -0.05) is 0 Å². The van der Waals surface area contributed by atoms with Crippen LogP contribution in [0.25, 0.3) is 0 Å². The molecule has 0 spiro atoms. The highest BCUT2D eigenvalue weighted by molar-refractivity contribution is 7.89. The van der Waals surface area contributed by atoms with Gasteiger partial charge in [-0.25, -0.2) is 13.1 Å². The maximum absolute atomic E-state index is 12.2. The Bertz CT molecular complexity index is 725. The molecule has 0 saturated heterocycles. The number of methoxy groups -OCH3 is 1. The van der Waals surface area contributed by atoms with E-state index in [2.05, 4.69) is 9.82 Å². The SMILES string of the molecule is COc1ccc(S(=O)(=O)NCCc2cnn(C)c2)cc1N. The maximum Gasteiger partial charge on any atom is 0.240 e. The van der Waals surface area contributed by atoms with E-state index in [1.165, 1.54) is 25.3 Å². The number of aryl methyl sites for hydroxylation is 1. The number of nitrogen functional groups attached to an aromatic ring is 1. The first kappa shape index (κ1) is 15.3. The minimum atomic E-state index is -3.58. The van der Waals surface area contributed by atoms with E-state index in [4.69, 9.17) is 10.5 Å². The van der Waals surface area contributed by atoms with Crippen molar-refractivity contribution in [2.75, 3.05) is 19.4 Å². The van der Waals surface area contributed by atoms with Gasteiger partial charge in [0.15, 0.2) is 0 Å². The summed E-state index contributed by atoms with van der Waals surface area (Å²) in [6.07, 6.45) is 4.12. The third-order valence-electron chi connectivity index (χ3n) is 2.98. The van der Waals surface area contributed by atoms with Gasteiger partial charge in [0.25, 0.3) is 0 Å². The van der Waals surface area contributed by atoms with Crippen molar-refractivity contribution in [1.82, 2.24) is 14.5 Å². The molecule has 0 aliphatic carbocycles. The van der Waals surface area contributed by atoms with E-state index >= 15 is 0 Å². The van der Waals surface area contributed by atoms with Crippen LogP contribution in [-0.4, -0.2) is 31.9 Å². The summed E-state index contributed by atoms with van der Waals surface area (Å²) in [6.45, 7) is 0.292. The van der Waals surface area contributed by atoms with E-state index in [-0.39, 0.29) is 10.6 Å². The number of benzene rings is 1. The highest BCUT2D eigenvalue weighted by Gasteiger charge is 2.15. The van der Waals surface area contributed by atoms with Crippen molar-refractivity contribution in [3.8, 4) is 5.75 Å². The molecule has 1 aromatic heterocycles. The van der Waals surface area contributed by atoms with Gasteiger partial charge in [0.1, 0.15) is 5.75 Å². The second-order valence-electron chi connectivity index (χ2n) is 4.57. The summed E-state index contributed by atoms with van der Waals surface area (Å²) in [6, 6.07) is 4.37. The van der Waals surface area contributed by atoms with Crippen molar-refractivity contribution in [3.05, 3.63) is 36.2 Å². The van der Waals surface area contributed by atoms with E-state index in [1.807, 2.05) is 13.2 Å². The summed E-state index contributed by atoms with van der Waals surface area (Å²) in [5, 5.41) is 4.03. The Balaban J connectivity index is 2.02. The molecule has 8 heteroatoms. The Morgan fingerprint density at radius 2 is 2.19 bits per heavy atom. The summed E-state index contributed by atoms with van der Waals surface area (Å²) in [4.78, 5) is 0.118. The molecular weight excluding hydrogens is 292 g/mol. The van der Waals surface area contributed by atoms with Crippen molar-refractivity contribution in [2.24, 2.45) is 7.05 Å². The molecule has 0 amide bonds. The molecule has 21 heavy (non-hydrogen) atoms. The normalized spacial score (nSPS) is 11.5. The van der Waals surface area contributed by atoms with Crippen molar-refractivity contribution < 1.29 is 13.2 Å². The van der Waals surface area contributed by atoms with Gasteiger partial charge in [0.05, 0.1) is 23.9 Å². The molecule has 1 heterocycles. The fourth-order valence-electron chi connectivity index (χ4n) is 1.89. The lowest BCUT2D eigenvalue weighted by atomic mass is 10.3. The quantitative estimate of drug-likeness (QED) is 0.758. The van der Waals surface area contributed by atoms with Crippen LogP contribution in [0.5, 0.6) is 5.75 Å². The Labute approximate surface area is 123 Å². The minimum absolute atomic E-state index is 0.118. The fraction of sp³-hybridized carbons (Fsp3) is 0.308. The number of rotatable bonds is 6. The van der Waals surface area contributed by atoms with Gasteiger partial charge in [-0.2, -0.15) is 5.10 Å². The lowest BCUT2D eigenvalue weighted by molar-refractivity contribution is 0.416. The first-order valence-electron chi connectivity index (χ1n) is 6.33. The van der Waals surface area contributed by atoms with Gasteiger partial charge < -0.3 is 10.5 Å². The van der Waals surface area contributed by atoms with Crippen molar-refractivity contribution >= 4 is 15.7 Å². The summed E-state index contributed by atoms with van der Waals surface area (Å²) in [5.41, 5.74) is 6.97. The first-order chi connectivity index (χ1) is 9.92. The third-order valence-corrected chi connectivity index (χ3v) is 4.43. The van der Waals surface area contributed by atoms with Gasteiger partial charge in [-0.05, 0) is 30.2 Å². The summed E-state index contributed by atoms with van der Waals surface area (Å²) in [7, 11) is -0.292. The van der Waals surface area contributed by atoms with Crippen LogP contribution < -0.4 is 15.2 Å². The molecular formula is C13H18N4O3S. The molecule has 0 bridgehead atoms. The van der Waals surface area contributed by atoms with Crippen LogP contribution in [0.2, 0.25) is 0 Å². The van der Waals surface area contributed by atoms with Crippen molar-refractivity contribution in [2.45, 2.75) is 11.3 Å². The number of nitrogens with one attached hydrogen (secondary N) is 1. The Morgan fingerprint density at radius 3 is 2.76 bits per heavy atom. The highest BCUT2D eigenvalue weighted by Crippen LogP contribution is 2.24. The van der Waals surface area contributed by atoms with E-state index < -0.39 is 10.0 Å². The zero-order valence-electron chi connectivity index (χ0n) is 11.9. The largest absolute Gasteiger partial charge is 0.495 e. The van der Waals surface area contributed by atoms with Crippen LogP contribution in [0.15, 0.2) is 35.5 Å². The number of anilines is 1. The van der Waals surface area contributed by atoms with Crippen molar-refractivity contribution in [1.29, 1.82) is 0 Å². The second-order valence-corrected chi connectivity index (χ2v) is 6.34. The molecule has 0 aliphatic heterocycles. The van der Waals surface area contributed by atoms with Gasteiger partial charge >= 0.3 is 0 Å². The van der Waals surface area contributed by atoms with Crippen LogP contribution in [0, 0.1) is 0 Å². The standard InChI is InChI=1S/C13H18N4O3S/c1-17-9-10(8-15-17)5-6-16-21(18,19)11-3-4-13(20-2)12(14)7-11/h3-4,7-9,16H,5-6,14H2,1-2H3. The van der Waals surface area contributed by atoms with E-state index in [9.17, 15) is 8.42 Å². The Morgan fingerprint density at radius 1 is 1.43 bits per heavy atom. The second kappa shape index (κ2) is 6.15.